The van der Waals surface area contributed by atoms with E-state index in [1.807, 2.05) is 25.3 Å². The maximum Gasteiger partial charge on any atom is 0.337 e. The summed E-state index contributed by atoms with van der Waals surface area (Å²) in [7, 11) is 0. The van der Waals surface area contributed by atoms with Gasteiger partial charge in [0.05, 0.1) is 23.8 Å². The van der Waals surface area contributed by atoms with Crippen LogP contribution in [0.2, 0.25) is 0 Å². The molecule has 1 spiro atoms. The highest BCUT2D eigenvalue weighted by Crippen LogP contribution is 2.56. The summed E-state index contributed by atoms with van der Waals surface area (Å²) in [6.07, 6.45) is 3.58. The van der Waals surface area contributed by atoms with Crippen LogP contribution < -0.4 is 5.32 Å². The predicted octanol–water partition coefficient (Wildman–Crippen LogP) is 3.84. The van der Waals surface area contributed by atoms with E-state index < -0.39 is 5.41 Å². The number of hydrogen-bond donors (Lipinski definition) is 2. The second-order valence-corrected chi connectivity index (χ2v) is 7.32. The molecule has 1 atom stereocenters. The number of allylic oxidation sites excluding steroid dienone is 1. The number of hydrogen-bond acceptors (Lipinski definition) is 5. The van der Waals surface area contributed by atoms with E-state index in [1.54, 1.807) is 11.8 Å². The number of thioether (sulfide) groups is 1. The lowest BCUT2D eigenvalue weighted by Crippen LogP contribution is -2.40. The fourth-order valence-electron chi connectivity index (χ4n) is 3.89. The van der Waals surface area contributed by atoms with Gasteiger partial charge in [-0.05, 0) is 25.0 Å². The van der Waals surface area contributed by atoms with E-state index in [4.69, 9.17) is 4.74 Å². The topological polar surface area (TPSA) is 67.0 Å². The first-order valence-electron chi connectivity index (χ1n) is 8.66. The highest BCUT2D eigenvalue weighted by molar-refractivity contribution is 7.99. The van der Waals surface area contributed by atoms with Gasteiger partial charge in [-0.15, -0.1) is 11.8 Å². The van der Waals surface area contributed by atoms with Gasteiger partial charge in [0, 0.05) is 21.9 Å². The monoisotopic (exact) mass is 355 g/mol. The Kier molecular flexibility index (Phi) is 4.07. The summed E-state index contributed by atoms with van der Waals surface area (Å²) < 4.78 is 5.47. The third-order valence-corrected chi connectivity index (χ3v) is 6.12. The molecular formula is C19H21N3O2S. The maximum absolute atomic E-state index is 13.0. The van der Waals surface area contributed by atoms with Crippen molar-refractivity contribution in [2.75, 3.05) is 17.7 Å². The Balaban J connectivity index is 2.00. The van der Waals surface area contributed by atoms with Gasteiger partial charge in [-0.2, -0.15) is 5.10 Å². The van der Waals surface area contributed by atoms with Crippen LogP contribution in [-0.4, -0.2) is 28.5 Å². The molecule has 0 amide bonds. The summed E-state index contributed by atoms with van der Waals surface area (Å²) >= 11 is 1.79. The molecule has 2 aromatic rings. The summed E-state index contributed by atoms with van der Waals surface area (Å²) in [5.74, 6) is 1.43. The number of nitrogens with zero attached hydrogens (tertiary/aromatic N) is 1. The molecule has 130 valence electrons. The van der Waals surface area contributed by atoms with E-state index >= 15 is 0 Å². The lowest BCUT2D eigenvalue weighted by atomic mass is 9.68. The molecule has 1 aromatic carbocycles. The standard InChI is InChI=1S/C19H21N3O2S/c1-3-7-14-16(18(23)24-4-2)19(13-10-20-22-17(13)21-14)11-25-15-9-6-5-8-12(15)19/h5-6,8-10H,3-4,7,11H2,1-2H3,(H2,20,21,22). The first-order valence-corrected chi connectivity index (χ1v) is 9.64. The second-order valence-electron chi connectivity index (χ2n) is 6.30. The number of carbonyl (C=O) groups excluding carboxylic acids is 1. The summed E-state index contributed by atoms with van der Waals surface area (Å²) in [6, 6.07) is 8.33. The molecule has 0 fully saturated rings. The molecular weight excluding hydrogens is 334 g/mol. The van der Waals surface area contributed by atoms with E-state index in [-0.39, 0.29) is 5.97 Å². The van der Waals surface area contributed by atoms with Crippen LogP contribution in [0.1, 0.15) is 37.8 Å². The Labute approximate surface area is 151 Å². The average molecular weight is 355 g/mol. The number of fused-ring (bicyclic) bond motifs is 4. The SMILES string of the molecule is CCCC1=C(C(=O)OCC)C2(CSc3ccccc32)c2cn[nH]c2N1. The largest absolute Gasteiger partial charge is 0.463 e. The number of aromatic nitrogens is 2. The first-order chi connectivity index (χ1) is 12.2. The maximum atomic E-state index is 13.0. The zero-order valence-electron chi connectivity index (χ0n) is 14.4. The summed E-state index contributed by atoms with van der Waals surface area (Å²) in [4.78, 5) is 14.2. The minimum Gasteiger partial charge on any atom is -0.463 e. The highest BCUT2D eigenvalue weighted by atomic mass is 32.2. The van der Waals surface area contributed by atoms with Crippen LogP contribution in [0.25, 0.3) is 0 Å². The van der Waals surface area contributed by atoms with Crippen LogP contribution >= 0.6 is 11.8 Å². The van der Waals surface area contributed by atoms with E-state index in [0.29, 0.717) is 6.61 Å². The van der Waals surface area contributed by atoms with Gasteiger partial charge in [-0.1, -0.05) is 31.5 Å². The number of esters is 1. The fraction of sp³-hybridized carbons (Fsp3) is 0.368. The van der Waals surface area contributed by atoms with Gasteiger partial charge in [0.15, 0.2) is 0 Å². The predicted molar refractivity (Wildman–Crippen MR) is 98.7 cm³/mol. The van der Waals surface area contributed by atoms with Crippen molar-refractivity contribution in [1.82, 2.24) is 10.2 Å². The smallest absolute Gasteiger partial charge is 0.337 e. The fourth-order valence-corrected chi connectivity index (χ4v) is 5.29. The third-order valence-electron chi connectivity index (χ3n) is 4.87. The number of carbonyl (C=O) groups is 1. The van der Waals surface area contributed by atoms with Crippen LogP contribution in [0.15, 0.2) is 46.6 Å². The zero-order chi connectivity index (χ0) is 17.4. The van der Waals surface area contributed by atoms with Crippen LogP contribution in [0.5, 0.6) is 0 Å². The van der Waals surface area contributed by atoms with Crippen molar-refractivity contribution in [3.05, 3.63) is 52.9 Å². The van der Waals surface area contributed by atoms with Gasteiger partial charge in [0.2, 0.25) is 0 Å². The van der Waals surface area contributed by atoms with Gasteiger partial charge in [0.25, 0.3) is 0 Å². The molecule has 1 aromatic heterocycles. The average Bonchev–Trinajstić information content (AvgIpc) is 3.22. The number of nitrogens with one attached hydrogen (secondary N) is 2. The minimum atomic E-state index is -0.508. The summed E-state index contributed by atoms with van der Waals surface area (Å²) in [5, 5.41) is 10.7. The Morgan fingerprint density at radius 1 is 1.32 bits per heavy atom. The number of rotatable bonds is 4. The van der Waals surface area contributed by atoms with Gasteiger partial charge in [-0.3, -0.25) is 5.10 Å². The van der Waals surface area contributed by atoms with Gasteiger partial charge in [-0.25, -0.2) is 4.79 Å². The zero-order valence-corrected chi connectivity index (χ0v) is 15.2. The molecule has 0 radical (unpaired) electrons. The molecule has 0 aliphatic carbocycles. The van der Waals surface area contributed by atoms with Crippen LogP contribution in [0.4, 0.5) is 5.82 Å². The van der Waals surface area contributed by atoms with Gasteiger partial charge in [0.1, 0.15) is 5.82 Å². The van der Waals surface area contributed by atoms with Crippen molar-refractivity contribution in [2.24, 2.45) is 0 Å². The first kappa shape index (κ1) is 16.3. The molecule has 2 N–H and O–H groups in total. The van der Waals surface area contributed by atoms with Gasteiger partial charge >= 0.3 is 5.97 Å². The van der Waals surface area contributed by atoms with E-state index in [2.05, 4.69) is 34.6 Å². The molecule has 5 nitrogen and oxygen atoms in total. The van der Waals surface area contributed by atoms with Crippen molar-refractivity contribution in [2.45, 2.75) is 37.0 Å². The lowest BCUT2D eigenvalue weighted by Gasteiger charge is -2.37. The molecule has 0 saturated carbocycles. The molecule has 2 aliphatic heterocycles. The Morgan fingerprint density at radius 2 is 2.16 bits per heavy atom. The number of benzene rings is 1. The van der Waals surface area contributed by atoms with Crippen molar-refractivity contribution < 1.29 is 9.53 Å². The highest BCUT2D eigenvalue weighted by Gasteiger charge is 2.52. The minimum absolute atomic E-state index is 0.234. The van der Waals surface area contributed by atoms with Crippen molar-refractivity contribution >= 4 is 23.5 Å². The van der Waals surface area contributed by atoms with Crippen LogP contribution in [0.3, 0.4) is 0 Å². The van der Waals surface area contributed by atoms with Crippen LogP contribution in [-0.2, 0) is 14.9 Å². The molecule has 25 heavy (non-hydrogen) atoms. The molecule has 3 heterocycles. The van der Waals surface area contributed by atoms with Gasteiger partial charge < -0.3 is 10.1 Å². The molecule has 1 unspecified atom stereocenters. The molecule has 4 rings (SSSR count). The molecule has 2 aliphatic rings. The Hall–Kier alpha value is -2.21. The molecule has 0 bridgehead atoms. The number of H-pyrrole nitrogens is 1. The number of ether oxygens (including phenoxy) is 1. The summed E-state index contributed by atoms with van der Waals surface area (Å²) in [5.41, 5.74) is 3.36. The van der Waals surface area contributed by atoms with E-state index in [1.165, 1.54) is 10.5 Å². The molecule has 0 saturated heterocycles. The number of anilines is 1. The van der Waals surface area contributed by atoms with E-state index in [9.17, 15) is 4.79 Å². The van der Waals surface area contributed by atoms with E-state index in [0.717, 1.165) is 41.2 Å². The Bertz CT molecular complexity index is 858. The third kappa shape index (κ3) is 2.31. The van der Waals surface area contributed by atoms with Crippen LogP contribution in [0, 0.1) is 0 Å². The normalized spacial score (nSPS) is 21.0. The number of aromatic amines is 1. The second kappa shape index (κ2) is 6.26. The molecule has 6 heteroatoms. The Morgan fingerprint density at radius 3 is 2.96 bits per heavy atom. The lowest BCUT2D eigenvalue weighted by molar-refractivity contribution is -0.139. The van der Waals surface area contributed by atoms with Crippen molar-refractivity contribution in [1.29, 1.82) is 0 Å². The van der Waals surface area contributed by atoms with Crippen molar-refractivity contribution in [3.63, 3.8) is 0 Å². The summed E-state index contributed by atoms with van der Waals surface area (Å²) in [6.45, 7) is 4.33. The van der Waals surface area contributed by atoms with Crippen molar-refractivity contribution in [3.8, 4) is 0 Å². The quantitative estimate of drug-likeness (QED) is 0.816.